The molecule has 7 nitrogen and oxygen atoms in total. The first-order valence-electron chi connectivity index (χ1n) is 10.6. The van der Waals surface area contributed by atoms with Gasteiger partial charge in [-0.2, -0.15) is 4.98 Å². The SMILES string of the molecule is COc1cc(-c2cccc(NCC3=C4CC(c5nc(C6CC6)no5)(CC3)C4)c2)no1. The molecule has 0 atom stereocenters. The van der Waals surface area contributed by atoms with Gasteiger partial charge in [-0.05, 0) is 50.7 Å². The van der Waals surface area contributed by atoms with Crippen LogP contribution in [0.1, 0.15) is 56.2 Å². The van der Waals surface area contributed by atoms with Crippen molar-refractivity contribution >= 4 is 5.69 Å². The van der Waals surface area contributed by atoms with Gasteiger partial charge in [-0.1, -0.05) is 33.6 Å². The number of methoxy groups -OCH3 is 1. The number of allylic oxidation sites excluding steroid dienone is 1. The van der Waals surface area contributed by atoms with Gasteiger partial charge in [0.2, 0.25) is 5.89 Å². The van der Waals surface area contributed by atoms with E-state index in [1.54, 1.807) is 18.7 Å². The highest BCUT2D eigenvalue weighted by atomic mass is 16.6. The molecule has 0 unspecified atom stereocenters. The third-order valence-electron chi connectivity index (χ3n) is 6.70. The highest BCUT2D eigenvalue weighted by molar-refractivity contribution is 5.65. The lowest BCUT2D eigenvalue weighted by molar-refractivity contribution is 0.196. The Morgan fingerprint density at radius 2 is 2.07 bits per heavy atom. The molecular formula is C23H24N4O3. The van der Waals surface area contributed by atoms with Crippen molar-refractivity contribution in [1.29, 1.82) is 0 Å². The van der Waals surface area contributed by atoms with Crippen LogP contribution in [0.4, 0.5) is 5.69 Å². The largest absolute Gasteiger partial charge is 0.467 e. The Hall–Kier alpha value is -3.09. The molecule has 1 N–H and O–H groups in total. The maximum Gasteiger partial charge on any atom is 0.311 e. The maximum absolute atomic E-state index is 5.65. The molecule has 30 heavy (non-hydrogen) atoms. The van der Waals surface area contributed by atoms with Crippen molar-refractivity contribution in [2.24, 2.45) is 0 Å². The van der Waals surface area contributed by atoms with Gasteiger partial charge in [0.1, 0.15) is 5.69 Å². The Morgan fingerprint density at radius 3 is 2.80 bits per heavy atom. The molecule has 0 amide bonds. The molecule has 1 aromatic carbocycles. The number of anilines is 1. The average Bonchev–Trinajstić information content (AvgIpc) is 3.29. The fourth-order valence-corrected chi connectivity index (χ4v) is 4.68. The van der Waals surface area contributed by atoms with E-state index in [2.05, 4.69) is 27.8 Å². The Kier molecular flexibility index (Phi) is 3.97. The second-order valence-electron chi connectivity index (χ2n) is 8.74. The van der Waals surface area contributed by atoms with Gasteiger partial charge >= 0.3 is 5.95 Å². The van der Waals surface area contributed by atoms with Gasteiger partial charge < -0.3 is 19.1 Å². The normalized spacial score (nSPS) is 19.5. The minimum atomic E-state index is 0.102. The molecule has 0 aliphatic heterocycles. The predicted octanol–water partition coefficient (Wildman–Crippen LogP) is 4.84. The van der Waals surface area contributed by atoms with Crippen molar-refractivity contribution in [3.63, 3.8) is 0 Å². The van der Waals surface area contributed by atoms with E-state index in [1.807, 2.05) is 12.1 Å². The van der Waals surface area contributed by atoms with Gasteiger partial charge in [0.15, 0.2) is 5.82 Å². The Bertz CT molecular complexity index is 1120. The van der Waals surface area contributed by atoms with Crippen LogP contribution in [0.5, 0.6) is 5.95 Å². The second kappa shape index (κ2) is 6.72. The van der Waals surface area contributed by atoms with Crippen LogP contribution in [-0.2, 0) is 5.41 Å². The van der Waals surface area contributed by atoms with Gasteiger partial charge in [0, 0.05) is 23.7 Å². The summed E-state index contributed by atoms with van der Waals surface area (Å²) in [5, 5.41) is 11.9. The molecule has 3 aromatic rings. The zero-order valence-electron chi connectivity index (χ0n) is 17.0. The first-order valence-corrected chi connectivity index (χ1v) is 10.6. The monoisotopic (exact) mass is 404 g/mol. The van der Waals surface area contributed by atoms with Gasteiger partial charge in [-0.15, -0.1) is 0 Å². The van der Waals surface area contributed by atoms with Crippen molar-refractivity contribution in [3.05, 3.63) is 53.2 Å². The summed E-state index contributed by atoms with van der Waals surface area (Å²) >= 11 is 0. The molecule has 2 heterocycles. The van der Waals surface area contributed by atoms with Gasteiger partial charge in [0.25, 0.3) is 0 Å². The molecule has 2 fully saturated rings. The number of hydrogen-bond acceptors (Lipinski definition) is 7. The van der Waals surface area contributed by atoms with E-state index in [0.29, 0.717) is 11.9 Å². The highest BCUT2D eigenvalue weighted by Gasteiger charge is 2.50. The van der Waals surface area contributed by atoms with E-state index in [0.717, 1.165) is 60.9 Å². The molecule has 7 heteroatoms. The van der Waals surface area contributed by atoms with Crippen LogP contribution in [0.15, 0.2) is 50.5 Å². The molecular weight excluding hydrogens is 380 g/mol. The third-order valence-corrected chi connectivity index (χ3v) is 6.70. The first-order chi connectivity index (χ1) is 14.7. The number of fused-ring (bicyclic) bond motifs is 2. The number of ether oxygens (including phenoxy) is 1. The van der Waals surface area contributed by atoms with Crippen molar-refractivity contribution in [2.75, 3.05) is 19.0 Å². The lowest BCUT2D eigenvalue weighted by Gasteiger charge is -2.47. The number of hydrogen-bond donors (Lipinski definition) is 1. The van der Waals surface area contributed by atoms with Gasteiger partial charge in [-0.3, -0.25) is 0 Å². The van der Waals surface area contributed by atoms with E-state index in [-0.39, 0.29) is 5.41 Å². The molecule has 4 aliphatic carbocycles. The van der Waals surface area contributed by atoms with Crippen LogP contribution >= 0.6 is 0 Å². The molecule has 2 bridgehead atoms. The first kappa shape index (κ1) is 17.7. The molecule has 154 valence electrons. The Balaban J connectivity index is 1.12. The van der Waals surface area contributed by atoms with E-state index < -0.39 is 0 Å². The fourth-order valence-electron chi connectivity index (χ4n) is 4.68. The summed E-state index contributed by atoms with van der Waals surface area (Å²) < 4.78 is 15.9. The number of rotatable bonds is 7. The minimum Gasteiger partial charge on any atom is -0.467 e. The van der Waals surface area contributed by atoms with Crippen LogP contribution in [0.25, 0.3) is 11.3 Å². The van der Waals surface area contributed by atoms with Crippen molar-refractivity contribution < 1.29 is 13.8 Å². The fraction of sp³-hybridized carbons (Fsp3) is 0.435. The minimum absolute atomic E-state index is 0.102. The van der Waals surface area contributed by atoms with E-state index in [1.165, 1.54) is 18.4 Å². The van der Waals surface area contributed by atoms with Crippen molar-refractivity contribution in [1.82, 2.24) is 15.3 Å². The van der Waals surface area contributed by atoms with Gasteiger partial charge in [-0.25, -0.2) is 0 Å². The number of aromatic nitrogens is 3. The third kappa shape index (κ3) is 3.00. The maximum atomic E-state index is 5.65. The molecule has 2 saturated carbocycles. The van der Waals surface area contributed by atoms with Crippen molar-refractivity contribution in [3.8, 4) is 17.2 Å². The van der Waals surface area contributed by atoms with Crippen LogP contribution in [0.3, 0.4) is 0 Å². The van der Waals surface area contributed by atoms with Crippen LogP contribution in [-0.4, -0.2) is 29.0 Å². The lowest BCUT2D eigenvalue weighted by Crippen LogP contribution is -2.41. The second-order valence-corrected chi connectivity index (χ2v) is 8.74. The summed E-state index contributed by atoms with van der Waals surface area (Å²) in [6.45, 7) is 0.869. The van der Waals surface area contributed by atoms with E-state index >= 15 is 0 Å². The average molecular weight is 404 g/mol. The number of nitrogens with zero attached hydrogens (tertiary/aromatic N) is 3. The standard InChI is InChI=1S/C23H24N4O3/c1-28-20-10-19(26-29-20)15-3-2-4-18(9-15)24-13-16-7-8-23(11-17(16)12-23)22-25-21(27-30-22)14-5-6-14/h2-4,9-10,14,24H,5-8,11-13H2,1H3. The van der Waals surface area contributed by atoms with Gasteiger partial charge in [0.05, 0.1) is 18.6 Å². The van der Waals surface area contributed by atoms with Crippen molar-refractivity contribution in [2.45, 2.75) is 49.9 Å². The van der Waals surface area contributed by atoms with E-state index in [4.69, 9.17) is 18.8 Å². The molecule has 0 spiro atoms. The smallest absolute Gasteiger partial charge is 0.311 e. The molecule has 0 saturated heterocycles. The van der Waals surface area contributed by atoms with Crippen LogP contribution in [0.2, 0.25) is 0 Å². The zero-order chi connectivity index (χ0) is 20.1. The van der Waals surface area contributed by atoms with Crippen LogP contribution in [0, 0.1) is 0 Å². The summed E-state index contributed by atoms with van der Waals surface area (Å²) in [7, 11) is 1.57. The zero-order valence-corrected chi connectivity index (χ0v) is 17.0. The summed E-state index contributed by atoms with van der Waals surface area (Å²) in [5.41, 5.74) is 6.02. The van der Waals surface area contributed by atoms with Crippen LogP contribution < -0.4 is 10.1 Å². The molecule has 0 radical (unpaired) electrons. The summed E-state index contributed by atoms with van der Waals surface area (Å²) in [5.74, 6) is 2.76. The number of nitrogens with one attached hydrogen (secondary N) is 1. The Labute approximate surface area is 174 Å². The topological polar surface area (TPSA) is 86.2 Å². The molecule has 2 aromatic heterocycles. The quantitative estimate of drug-likeness (QED) is 0.564. The summed E-state index contributed by atoms with van der Waals surface area (Å²) in [4.78, 5) is 4.73. The predicted molar refractivity (Wildman–Crippen MR) is 110 cm³/mol. The number of benzene rings is 1. The lowest BCUT2D eigenvalue weighted by atomic mass is 9.57. The summed E-state index contributed by atoms with van der Waals surface area (Å²) in [6, 6.07) is 10.0. The highest BCUT2D eigenvalue weighted by Crippen LogP contribution is 2.56. The molecule has 7 rings (SSSR count). The summed E-state index contributed by atoms with van der Waals surface area (Å²) in [6.07, 6.45) is 6.73. The van der Waals surface area contributed by atoms with E-state index in [9.17, 15) is 0 Å². The Morgan fingerprint density at radius 1 is 1.17 bits per heavy atom. The molecule has 4 aliphatic rings.